The number of hydrogen-bond acceptors (Lipinski definition) is 2. The summed E-state index contributed by atoms with van der Waals surface area (Å²) in [6, 6.07) is 11.5. The molecule has 2 nitrogen and oxygen atoms in total. The largest absolute Gasteiger partial charge is 0.496 e. The molecule has 5 heteroatoms. The minimum Gasteiger partial charge on any atom is -0.496 e. The Morgan fingerprint density at radius 3 is 2.48 bits per heavy atom. The van der Waals surface area contributed by atoms with E-state index in [9.17, 15) is 0 Å². The van der Waals surface area contributed by atoms with Gasteiger partial charge in [0.1, 0.15) is 5.75 Å². The first kappa shape index (κ1) is 16.6. The zero-order chi connectivity index (χ0) is 15.4. The molecule has 0 spiro atoms. The van der Waals surface area contributed by atoms with Crippen LogP contribution in [0.4, 0.5) is 0 Å². The molecule has 0 aromatic heterocycles. The van der Waals surface area contributed by atoms with E-state index >= 15 is 0 Å². The van der Waals surface area contributed by atoms with Gasteiger partial charge in [-0.2, -0.15) is 0 Å². The Bertz CT molecular complexity index is 634. The molecular weight excluding hydrogens is 373 g/mol. The highest BCUT2D eigenvalue weighted by atomic mass is 79.9. The molecule has 1 N–H and O–H groups in total. The Balaban J connectivity index is 2.35. The Kier molecular flexibility index (Phi) is 5.94. The van der Waals surface area contributed by atoms with Crippen LogP contribution in [0.15, 0.2) is 40.9 Å². The fraction of sp³-hybridized carbons (Fsp3) is 0.250. The molecule has 0 aliphatic heterocycles. The highest BCUT2D eigenvalue weighted by Gasteiger charge is 2.16. The lowest BCUT2D eigenvalue weighted by Gasteiger charge is -2.20. The lowest BCUT2D eigenvalue weighted by Crippen LogP contribution is -2.19. The molecule has 0 saturated carbocycles. The fourth-order valence-corrected chi connectivity index (χ4v) is 3.17. The molecule has 0 amide bonds. The van der Waals surface area contributed by atoms with Crippen molar-refractivity contribution in [1.29, 1.82) is 0 Å². The van der Waals surface area contributed by atoms with Crippen LogP contribution in [0.5, 0.6) is 5.75 Å². The van der Waals surface area contributed by atoms with E-state index in [4.69, 9.17) is 27.9 Å². The highest BCUT2D eigenvalue weighted by Crippen LogP contribution is 2.32. The summed E-state index contributed by atoms with van der Waals surface area (Å²) in [6.45, 7) is 0. The zero-order valence-corrected chi connectivity index (χ0v) is 14.9. The molecule has 2 rings (SSSR count). The average molecular weight is 389 g/mol. The van der Waals surface area contributed by atoms with Gasteiger partial charge in [-0.25, -0.2) is 0 Å². The second-order valence-electron chi connectivity index (χ2n) is 4.67. The van der Waals surface area contributed by atoms with Crippen LogP contribution in [0, 0.1) is 0 Å². The van der Waals surface area contributed by atoms with Gasteiger partial charge in [-0.05, 0) is 61.0 Å². The molecule has 112 valence electrons. The maximum absolute atomic E-state index is 6.11. The third kappa shape index (κ3) is 4.13. The standard InChI is InChI=1S/C16H16BrCl2NO/c1-20-15(13-9-12(19)3-5-14(13)17)8-10-7-11(18)4-6-16(10)21-2/h3-7,9,15,20H,8H2,1-2H3. The minimum atomic E-state index is 0.102. The molecule has 1 atom stereocenters. The molecule has 0 aliphatic rings. The molecular formula is C16H16BrCl2NO. The van der Waals surface area contributed by atoms with E-state index in [0.29, 0.717) is 10.0 Å². The molecule has 1 unspecified atom stereocenters. The summed E-state index contributed by atoms with van der Waals surface area (Å²) in [6.07, 6.45) is 0.749. The van der Waals surface area contributed by atoms with E-state index in [-0.39, 0.29) is 6.04 Å². The monoisotopic (exact) mass is 387 g/mol. The number of methoxy groups -OCH3 is 1. The van der Waals surface area contributed by atoms with Gasteiger partial charge in [0.05, 0.1) is 7.11 Å². The number of rotatable bonds is 5. The third-order valence-electron chi connectivity index (χ3n) is 3.35. The van der Waals surface area contributed by atoms with Gasteiger partial charge in [-0.1, -0.05) is 39.1 Å². The van der Waals surface area contributed by atoms with E-state index in [1.54, 1.807) is 7.11 Å². The van der Waals surface area contributed by atoms with Crippen molar-refractivity contribution < 1.29 is 4.74 Å². The van der Waals surface area contributed by atoms with Crippen LogP contribution in [0.25, 0.3) is 0 Å². The fourth-order valence-electron chi connectivity index (χ4n) is 2.28. The van der Waals surface area contributed by atoms with Gasteiger partial charge >= 0.3 is 0 Å². The Morgan fingerprint density at radius 1 is 1.14 bits per heavy atom. The lowest BCUT2D eigenvalue weighted by molar-refractivity contribution is 0.406. The predicted octanol–water partition coefficient (Wildman–Crippen LogP) is 5.27. The van der Waals surface area contributed by atoms with Crippen LogP contribution < -0.4 is 10.1 Å². The number of likely N-dealkylation sites (N-methyl/N-ethyl adjacent to an activating group) is 1. The van der Waals surface area contributed by atoms with Gasteiger partial charge in [-0.3, -0.25) is 0 Å². The third-order valence-corrected chi connectivity index (χ3v) is 4.54. The first-order chi connectivity index (χ1) is 10.0. The molecule has 0 saturated heterocycles. The van der Waals surface area contributed by atoms with Crippen LogP contribution in [0.1, 0.15) is 17.2 Å². The quantitative estimate of drug-likeness (QED) is 0.753. The summed E-state index contributed by atoms with van der Waals surface area (Å²) in [5.41, 5.74) is 2.16. The summed E-state index contributed by atoms with van der Waals surface area (Å²) >= 11 is 15.8. The van der Waals surface area contributed by atoms with Crippen molar-refractivity contribution in [1.82, 2.24) is 5.32 Å². The summed E-state index contributed by atoms with van der Waals surface area (Å²) in [7, 11) is 3.59. The number of ether oxygens (including phenoxy) is 1. The average Bonchev–Trinajstić information content (AvgIpc) is 2.47. The predicted molar refractivity (Wildman–Crippen MR) is 92.7 cm³/mol. The number of halogens is 3. The first-order valence-corrected chi connectivity index (χ1v) is 8.04. The molecule has 2 aromatic rings. The summed E-state index contributed by atoms with van der Waals surface area (Å²) in [4.78, 5) is 0. The minimum absolute atomic E-state index is 0.102. The normalized spacial score (nSPS) is 12.2. The van der Waals surface area contributed by atoms with Gasteiger partial charge in [-0.15, -0.1) is 0 Å². The molecule has 0 fully saturated rings. The van der Waals surface area contributed by atoms with Crippen molar-refractivity contribution in [2.75, 3.05) is 14.2 Å². The van der Waals surface area contributed by atoms with E-state index < -0.39 is 0 Å². The number of nitrogens with one attached hydrogen (secondary N) is 1. The summed E-state index contributed by atoms with van der Waals surface area (Å²) < 4.78 is 6.43. The molecule has 2 aromatic carbocycles. The Labute approximate surface area is 143 Å². The van der Waals surface area contributed by atoms with Crippen LogP contribution in [-0.2, 0) is 6.42 Å². The van der Waals surface area contributed by atoms with Crippen LogP contribution >= 0.6 is 39.1 Å². The van der Waals surface area contributed by atoms with Crippen LogP contribution in [0.3, 0.4) is 0 Å². The van der Waals surface area contributed by atoms with Crippen molar-refractivity contribution in [3.05, 3.63) is 62.0 Å². The zero-order valence-electron chi connectivity index (χ0n) is 11.8. The van der Waals surface area contributed by atoms with Gasteiger partial charge in [0.15, 0.2) is 0 Å². The summed E-state index contributed by atoms with van der Waals surface area (Å²) in [5.74, 6) is 0.831. The molecule has 21 heavy (non-hydrogen) atoms. The Hall–Kier alpha value is -0.740. The van der Waals surface area contributed by atoms with Crippen molar-refractivity contribution in [2.24, 2.45) is 0 Å². The highest BCUT2D eigenvalue weighted by molar-refractivity contribution is 9.10. The van der Waals surface area contributed by atoms with E-state index in [2.05, 4.69) is 21.2 Å². The van der Waals surface area contributed by atoms with E-state index in [1.165, 1.54) is 0 Å². The van der Waals surface area contributed by atoms with Crippen molar-refractivity contribution in [3.8, 4) is 5.75 Å². The number of benzene rings is 2. The molecule has 0 radical (unpaired) electrons. The van der Waals surface area contributed by atoms with E-state index in [1.807, 2.05) is 43.4 Å². The smallest absolute Gasteiger partial charge is 0.122 e. The topological polar surface area (TPSA) is 21.3 Å². The van der Waals surface area contributed by atoms with Crippen molar-refractivity contribution >= 4 is 39.1 Å². The van der Waals surface area contributed by atoms with Gasteiger partial charge in [0.25, 0.3) is 0 Å². The number of hydrogen-bond donors (Lipinski definition) is 1. The SMILES string of the molecule is CNC(Cc1cc(Cl)ccc1OC)c1cc(Cl)ccc1Br. The van der Waals surface area contributed by atoms with Crippen LogP contribution in [-0.4, -0.2) is 14.2 Å². The maximum Gasteiger partial charge on any atom is 0.122 e. The van der Waals surface area contributed by atoms with Crippen molar-refractivity contribution in [2.45, 2.75) is 12.5 Å². The molecule has 0 heterocycles. The molecule has 0 aliphatic carbocycles. The molecule has 0 bridgehead atoms. The van der Waals surface area contributed by atoms with Crippen LogP contribution in [0.2, 0.25) is 10.0 Å². The summed E-state index contributed by atoms with van der Waals surface area (Å²) in [5, 5.41) is 4.73. The van der Waals surface area contributed by atoms with Gasteiger partial charge < -0.3 is 10.1 Å². The lowest BCUT2D eigenvalue weighted by atomic mass is 9.98. The first-order valence-electron chi connectivity index (χ1n) is 6.49. The maximum atomic E-state index is 6.11. The van der Waals surface area contributed by atoms with E-state index in [0.717, 1.165) is 27.8 Å². The Morgan fingerprint density at radius 2 is 1.81 bits per heavy atom. The second kappa shape index (κ2) is 7.50. The second-order valence-corrected chi connectivity index (χ2v) is 6.39. The van der Waals surface area contributed by atoms with Gasteiger partial charge in [0, 0.05) is 20.6 Å². The van der Waals surface area contributed by atoms with Crippen molar-refractivity contribution in [3.63, 3.8) is 0 Å². The van der Waals surface area contributed by atoms with Gasteiger partial charge in [0.2, 0.25) is 0 Å².